The maximum absolute atomic E-state index is 11.8. The van der Waals surface area contributed by atoms with Gasteiger partial charge in [0.05, 0.1) is 6.10 Å². The molecule has 5 aliphatic rings. The average Bonchev–Trinajstić information content (AvgIpc) is 3.46. The van der Waals surface area contributed by atoms with Crippen LogP contribution in [0.1, 0.15) is 83.1 Å². The van der Waals surface area contributed by atoms with E-state index in [1.807, 2.05) is 6.92 Å². The van der Waals surface area contributed by atoms with Crippen molar-refractivity contribution in [1.82, 2.24) is 0 Å². The summed E-state index contributed by atoms with van der Waals surface area (Å²) in [4.78, 5) is 2.50. The molecular weight excluding hydrogens is 418 g/mol. The Balaban J connectivity index is 1.46. The quantitative estimate of drug-likeness (QED) is 0.557. The number of hydrogen-bond acceptors (Lipinski definition) is 3. The van der Waals surface area contributed by atoms with Gasteiger partial charge in [-0.05, 0) is 105 Å². The number of aliphatic hydroxyl groups is 2. The van der Waals surface area contributed by atoms with E-state index >= 15 is 0 Å². The van der Waals surface area contributed by atoms with Crippen LogP contribution in [0, 0.1) is 29.1 Å². The Hall–Kier alpha value is -2.02. The van der Waals surface area contributed by atoms with Crippen molar-refractivity contribution in [3.63, 3.8) is 0 Å². The predicted octanol–water partition coefficient (Wildman–Crippen LogP) is 5.73. The molecule has 1 heterocycles. The Kier molecular flexibility index (Phi) is 5.47. The van der Waals surface area contributed by atoms with Crippen molar-refractivity contribution >= 4 is 5.69 Å². The van der Waals surface area contributed by atoms with Crippen molar-refractivity contribution in [2.45, 2.75) is 89.3 Å². The Morgan fingerprint density at radius 1 is 1.03 bits per heavy atom. The van der Waals surface area contributed by atoms with Crippen LogP contribution in [0.2, 0.25) is 0 Å². The fraction of sp³-hybridized carbons (Fsp3) is 0.613. The van der Waals surface area contributed by atoms with Crippen LogP contribution in [0.5, 0.6) is 0 Å². The van der Waals surface area contributed by atoms with Gasteiger partial charge in [0.1, 0.15) is 5.60 Å². The van der Waals surface area contributed by atoms with Crippen LogP contribution in [0.4, 0.5) is 5.69 Å². The van der Waals surface area contributed by atoms with E-state index in [1.165, 1.54) is 48.3 Å². The highest BCUT2D eigenvalue weighted by Crippen LogP contribution is 2.66. The highest BCUT2D eigenvalue weighted by Gasteiger charge is 2.62. The summed E-state index contributed by atoms with van der Waals surface area (Å²) in [7, 11) is 0. The van der Waals surface area contributed by atoms with E-state index in [-0.39, 0.29) is 11.5 Å². The van der Waals surface area contributed by atoms with Crippen molar-refractivity contribution in [3.05, 3.63) is 52.6 Å². The molecule has 3 fully saturated rings. The summed E-state index contributed by atoms with van der Waals surface area (Å²) < 4.78 is 0. The van der Waals surface area contributed by atoms with Crippen LogP contribution in [-0.2, 0) is 0 Å². The van der Waals surface area contributed by atoms with E-state index in [1.54, 1.807) is 5.57 Å². The lowest BCUT2D eigenvalue weighted by molar-refractivity contribution is -0.0514. The molecule has 0 amide bonds. The van der Waals surface area contributed by atoms with Crippen LogP contribution in [0.3, 0.4) is 0 Å². The second kappa shape index (κ2) is 8.28. The smallest absolute Gasteiger partial charge is 0.131 e. The van der Waals surface area contributed by atoms with E-state index < -0.39 is 5.60 Å². The van der Waals surface area contributed by atoms with Crippen molar-refractivity contribution in [1.29, 1.82) is 0 Å². The second-order valence-corrected chi connectivity index (χ2v) is 11.7. The van der Waals surface area contributed by atoms with Gasteiger partial charge in [0, 0.05) is 30.1 Å². The topological polar surface area (TPSA) is 43.7 Å². The summed E-state index contributed by atoms with van der Waals surface area (Å²) in [5, 5.41) is 22.1. The van der Waals surface area contributed by atoms with Crippen LogP contribution in [0.15, 0.2) is 47.1 Å². The van der Waals surface area contributed by atoms with Gasteiger partial charge in [0.15, 0.2) is 0 Å². The van der Waals surface area contributed by atoms with Gasteiger partial charge in [0.25, 0.3) is 0 Å². The number of benzene rings is 1. The maximum atomic E-state index is 11.8. The molecule has 1 aliphatic heterocycles. The van der Waals surface area contributed by atoms with Crippen molar-refractivity contribution in [3.8, 4) is 11.8 Å². The first kappa shape index (κ1) is 22.4. The minimum absolute atomic E-state index is 0.196. The van der Waals surface area contributed by atoms with E-state index in [0.717, 1.165) is 44.9 Å². The summed E-state index contributed by atoms with van der Waals surface area (Å²) in [6.07, 6.45) is 11.3. The van der Waals surface area contributed by atoms with E-state index in [0.29, 0.717) is 17.8 Å². The highest BCUT2D eigenvalue weighted by molar-refractivity contribution is 5.53. The lowest BCUT2D eigenvalue weighted by Gasteiger charge is -2.54. The molecular formula is C31H39NO2. The SMILES string of the molecule is CC#C[C@]1(O)CC[C@H]2[C@@H]3CCC4=CC(O)CCC4=C3[C@@H](c3ccc(N4CCCC4)cc3)C[C@@]21C. The van der Waals surface area contributed by atoms with E-state index in [2.05, 4.69) is 54.0 Å². The first-order valence-corrected chi connectivity index (χ1v) is 13.6. The molecule has 6 atom stereocenters. The molecule has 1 unspecified atom stereocenters. The number of allylic oxidation sites excluding steroid dienone is 3. The highest BCUT2D eigenvalue weighted by atomic mass is 16.3. The van der Waals surface area contributed by atoms with E-state index in [9.17, 15) is 10.2 Å². The summed E-state index contributed by atoms with van der Waals surface area (Å²) >= 11 is 0. The van der Waals surface area contributed by atoms with Gasteiger partial charge in [-0.15, -0.1) is 5.92 Å². The molecule has 2 saturated carbocycles. The zero-order valence-corrected chi connectivity index (χ0v) is 20.8. The maximum Gasteiger partial charge on any atom is 0.131 e. The molecule has 2 N–H and O–H groups in total. The van der Waals surface area contributed by atoms with Crippen LogP contribution in [-0.4, -0.2) is 35.0 Å². The molecule has 1 aromatic carbocycles. The number of hydrogen-bond donors (Lipinski definition) is 2. The third-order valence-electron chi connectivity index (χ3n) is 10.1. The minimum atomic E-state index is -0.894. The first-order chi connectivity index (χ1) is 16.4. The largest absolute Gasteiger partial charge is 0.389 e. The molecule has 0 radical (unpaired) electrons. The lowest BCUT2D eigenvalue weighted by Crippen LogP contribution is -2.51. The molecule has 0 bridgehead atoms. The van der Waals surface area contributed by atoms with Crippen LogP contribution in [0.25, 0.3) is 0 Å². The number of aliphatic hydroxyl groups excluding tert-OH is 1. The van der Waals surface area contributed by atoms with Crippen molar-refractivity contribution < 1.29 is 10.2 Å². The number of fused-ring (bicyclic) bond motifs is 4. The van der Waals surface area contributed by atoms with Crippen LogP contribution >= 0.6 is 0 Å². The Morgan fingerprint density at radius 2 is 1.79 bits per heavy atom. The molecule has 1 saturated heterocycles. The Bertz CT molecular complexity index is 1080. The molecule has 4 aliphatic carbocycles. The molecule has 34 heavy (non-hydrogen) atoms. The summed E-state index contributed by atoms with van der Waals surface area (Å²) in [5.41, 5.74) is 6.21. The number of anilines is 1. The molecule has 3 heteroatoms. The normalized spacial score (nSPS) is 39.1. The van der Waals surface area contributed by atoms with Gasteiger partial charge in [0.2, 0.25) is 0 Å². The Morgan fingerprint density at radius 3 is 2.53 bits per heavy atom. The average molecular weight is 458 g/mol. The van der Waals surface area contributed by atoms with Gasteiger partial charge in [-0.1, -0.05) is 36.6 Å². The zero-order chi connectivity index (χ0) is 23.5. The molecule has 0 spiro atoms. The number of rotatable bonds is 2. The molecule has 0 aromatic heterocycles. The van der Waals surface area contributed by atoms with Crippen LogP contribution < -0.4 is 4.90 Å². The monoisotopic (exact) mass is 457 g/mol. The molecule has 1 aromatic rings. The molecule has 3 nitrogen and oxygen atoms in total. The predicted molar refractivity (Wildman–Crippen MR) is 138 cm³/mol. The molecule has 6 rings (SSSR count). The summed E-state index contributed by atoms with van der Waals surface area (Å²) in [6, 6.07) is 9.38. The third kappa shape index (κ3) is 3.33. The standard InChI is InChI=1S/C31H39NO2/c1-3-15-31(34)16-14-28-26-12-8-22-19-24(33)11-13-25(22)29(26)27(20-30(28,31)2)21-6-9-23(10-7-21)32-17-4-5-18-32/h6-7,9-10,19,24,26-28,33-34H,4-5,8,11-14,16-18,20H2,1-2H3/t24?,26-,27+,28-,30-,31-/m0/s1. The number of nitrogens with zero attached hydrogens (tertiary/aromatic N) is 1. The van der Waals surface area contributed by atoms with E-state index in [4.69, 9.17) is 0 Å². The van der Waals surface area contributed by atoms with Gasteiger partial charge in [-0.3, -0.25) is 0 Å². The van der Waals surface area contributed by atoms with Gasteiger partial charge < -0.3 is 15.1 Å². The van der Waals surface area contributed by atoms with Crippen molar-refractivity contribution in [2.24, 2.45) is 17.3 Å². The Labute approximate surface area is 204 Å². The lowest BCUT2D eigenvalue weighted by atomic mass is 9.51. The molecule has 180 valence electrons. The minimum Gasteiger partial charge on any atom is -0.389 e. The van der Waals surface area contributed by atoms with Crippen molar-refractivity contribution in [2.75, 3.05) is 18.0 Å². The van der Waals surface area contributed by atoms with Gasteiger partial charge in [-0.25, -0.2) is 0 Å². The summed E-state index contributed by atoms with van der Waals surface area (Å²) in [6.45, 7) is 6.53. The summed E-state index contributed by atoms with van der Waals surface area (Å²) in [5.74, 6) is 7.65. The zero-order valence-electron chi connectivity index (χ0n) is 20.8. The second-order valence-electron chi connectivity index (χ2n) is 11.7. The first-order valence-electron chi connectivity index (χ1n) is 13.6. The van der Waals surface area contributed by atoms with Gasteiger partial charge >= 0.3 is 0 Å². The fourth-order valence-corrected chi connectivity index (χ4v) is 8.39. The fourth-order valence-electron chi connectivity index (χ4n) is 8.39. The van der Waals surface area contributed by atoms with Gasteiger partial charge in [-0.2, -0.15) is 0 Å². The third-order valence-corrected chi connectivity index (χ3v) is 10.1.